The first kappa shape index (κ1) is 16.7. The van der Waals surface area contributed by atoms with Crippen LogP contribution < -0.4 is 0 Å². The smallest absolute Gasteiger partial charge is 0.410 e. The van der Waals surface area contributed by atoms with Gasteiger partial charge in [0.2, 0.25) is 0 Å². The van der Waals surface area contributed by atoms with Gasteiger partial charge in [-0.3, -0.25) is 4.90 Å². The number of hydrogen-bond donors (Lipinski definition) is 0. The van der Waals surface area contributed by atoms with E-state index in [1.54, 1.807) is 7.05 Å². The van der Waals surface area contributed by atoms with E-state index >= 15 is 0 Å². The second-order valence-corrected chi connectivity index (χ2v) is 4.58. The zero-order valence-corrected chi connectivity index (χ0v) is 12.1. The Morgan fingerprint density at radius 3 is 2.00 bits per heavy atom. The molecule has 5 nitrogen and oxygen atoms in total. The minimum atomic E-state index is -0.596. The fourth-order valence-electron chi connectivity index (χ4n) is 1.57. The maximum atomic E-state index is 11.9. The van der Waals surface area contributed by atoms with Crippen molar-refractivity contribution >= 4 is 12.1 Å². The number of amides is 1. The van der Waals surface area contributed by atoms with Crippen molar-refractivity contribution in [2.24, 2.45) is 5.92 Å². The van der Waals surface area contributed by atoms with Gasteiger partial charge in [0.25, 0.3) is 0 Å². The maximum absolute atomic E-state index is 11.9. The third-order valence-electron chi connectivity index (χ3n) is 2.46. The van der Waals surface area contributed by atoms with Crippen molar-refractivity contribution in [2.75, 3.05) is 20.3 Å². The van der Waals surface area contributed by atoms with Crippen LogP contribution in [0.4, 0.5) is 4.79 Å². The molecule has 0 rings (SSSR count). The Morgan fingerprint density at radius 2 is 1.56 bits per heavy atom. The first-order chi connectivity index (χ1) is 8.45. The lowest BCUT2D eigenvalue weighted by Crippen LogP contribution is -2.46. The van der Waals surface area contributed by atoms with Gasteiger partial charge in [0.05, 0.1) is 13.2 Å². The molecule has 0 fully saturated rings. The van der Waals surface area contributed by atoms with Gasteiger partial charge in [-0.1, -0.05) is 27.7 Å². The summed E-state index contributed by atoms with van der Waals surface area (Å²) in [7, 11) is 1.57. The third-order valence-corrected chi connectivity index (χ3v) is 2.46. The van der Waals surface area contributed by atoms with E-state index in [1.807, 2.05) is 27.7 Å². The zero-order chi connectivity index (χ0) is 14.1. The van der Waals surface area contributed by atoms with Crippen molar-refractivity contribution < 1.29 is 19.1 Å². The lowest BCUT2D eigenvalue weighted by atomic mass is 10.0. The molecule has 1 atom stereocenters. The minimum absolute atomic E-state index is 0.0199. The Balaban J connectivity index is 4.57. The van der Waals surface area contributed by atoms with Crippen LogP contribution in [0.1, 0.15) is 40.5 Å². The number of rotatable bonds is 7. The van der Waals surface area contributed by atoms with E-state index in [0.717, 1.165) is 12.8 Å². The molecule has 106 valence electrons. The predicted molar refractivity (Wildman–Crippen MR) is 69.3 cm³/mol. The van der Waals surface area contributed by atoms with Crippen molar-refractivity contribution in [2.45, 2.75) is 46.6 Å². The Labute approximate surface area is 109 Å². The van der Waals surface area contributed by atoms with Crippen LogP contribution in [0.3, 0.4) is 0 Å². The van der Waals surface area contributed by atoms with Crippen LogP contribution in [-0.4, -0.2) is 43.3 Å². The van der Waals surface area contributed by atoms with Gasteiger partial charge in [-0.25, -0.2) is 9.59 Å². The Morgan fingerprint density at radius 1 is 1.06 bits per heavy atom. The van der Waals surface area contributed by atoms with Crippen LogP contribution in [0.2, 0.25) is 0 Å². The van der Waals surface area contributed by atoms with Crippen molar-refractivity contribution in [1.82, 2.24) is 4.90 Å². The van der Waals surface area contributed by atoms with Gasteiger partial charge < -0.3 is 9.47 Å². The second kappa shape index (κ2) is 8.78. The summed E-state index contributed by atoms with van der Waals surface area (Å²) in [5.41, 5.74) is 0. The number of ether oxygens (including phenoxy) is 2. The molecular formula is C13H25NO4. The highest BCUT2D eigenvalue weighted by molar-refractivity contribution is 5.81. The van der Waals surface area contributed by atoms with Crippen molar-refractivity contribution in [1.29, 1.82) is 0 Å². The van der Waals surface area contributed by atoms with Crippen LogP contribution in [0.15, 0.2) is 0 Å². The summed E-state index contributed by atoms with van der Waals surface area (Å²) < 4.78 is 10.1. The standard InChI is InChI=1S/C13H25NO4/c1-6-8-17-12(15)11(10(3)4)14(5)13(16)18-9-7-2/h10-11H,6-9H2,1-5H3. The van der Waals surface area contributed by atoms with Crippen LogP contribution >= 0.6 is 0 Å². The largest absolute Gasteiger partial charge is 0.464 e. The molecule has 5 heteroatoms. The predicted octanol–water partition coefficient (Wildman–Crippen LogP) is 2.44. The third kappa shape index (κ3) is 5.38. The average Bonchev–Trinajstić information content (AvgIpc) is 2.32. The Bertz CT molecular complexity index is 266. The minimum Gasteiger partial charge on any atom is -0.464 e. The Hall–Kier alpha value is -1.26. The molecule has 0 saturated carbocycles. The number of carbonyl (C=O) groups is 2. The van der Waals surface area contributed by atoms with E-state index in [0.29, 0.717) is 13.2 Å². The van der Waals surface area contributed by atoms with Crippen LogP contribution in [0.5, 0.6) is 0 Å². The van der Waals surface area contributed by atoms with E-state index in [-0.39, 0.29) is 11.9 Å². The van der Waals surface area contributed by atoms with Gasteiger partial charge >= 0.3 is 12.1 Å². The van der Waals surface area contributed by atoms with Gasteiger partial charge in [0.1, 0.15) is 6.04 Å². The van der Waals surface area contributed by atoms with Gasteiger partial charge in [0.15, 0.2) is 0 Å². The molecule has 0 saturated heterocycles. The van der Waals surface area contributed by atoms with Gasteiger partial charge in [-0.2, -0.15) is 0 Å². The highest BCUT2D eigenvalue weighted by Crippen LogP contribution is 2.12. The number of likely N-dealkylation sites (N-methyl/N-ethyl adjacent to an activating group) is 1. The number of esters is 1. The first-order valence-corrected chi connectivity index (χ1v) is 6.51. The SMILES string of the molecule is CCCOC(=O)C(C(C)C)N(C)C(=O)OCCC. The van der Waals surface area contributed by atoms with E-state index in [1.165, 1.54) is 4.90 Å². The molecular weight excluding hydrogens is 234 g/mol. The van der Waals surface area contributed by atoms with E-state index in [9.17, 15) is 9.59 Å². The Kier molecular flexibility index (Phi) is 8.16. The monoisotopic (exact) mass is 259 g/mol. The molecule has 0 heterocycles. The van der Waals surface area contributed by atoms with Crippen molar-refractivity contribution in [3.05, 3.63) is 0 Å². The summed E-state index contributed by atoms with van der Waals surface area (Å²) in [6.45, 7) is 8.33. The molecule has 0 aromatic carbocycles. The topological polar surface area (TPSA) is 55.8 Å². The molecule has 0 aliphatic rings. The molecule has 0 bridgehead atoms. The molecule has 1 unspecified atom stereocenters. The lowest BCUT2D eigenvalue weighted by molar-refractivity contribution is -0.150. The molecule has 0 N–H and O–H groups in total. The molecule has 0 radical (unpaired) electrons. The van der Waals surface area contributed by atoms with Crippen LogP contribution in [-0.2, 0) is 14.3 Å². The van der Waals surface area contributed by atoms with Gasteiger partial charge in [-0.15, -0.1) is 0 Å². The summed E-state index contributed by atoms with van der Waals surface area (Å²) >= 11 is 0. The van der Waals surface area contributed by atoms with Crippen molar-refractivity contribution in [3.63, 3.8) is 0 Å². The number of carbonyl (C=O) groups excluding carboxylic acids is 2. The van der Waals surface area contributed by atoms with E-state index in [2.05, 4.69) is 0 Å². The van der Waals surface area contributed by atoms with Gasteiger partial charge in [-0.05, 0) is 18.8 Å². The van der Waals surface area contributed by atoms with Gasteiger partial charge in [0, 0.05) is 7.05 Å². The summed E-state index contributed by atoms with van der Waals surface area (Å²) in [5.74, 6) is -0.392. The maximum Gasteiger partial charge on any atom is 0.410 e. The molecule has 0 aliphatic heterocycles. The molecule has 0 aromatic heterocycles. The first-order valence-electron chi connectivity index (χ1n) is 6.51. The number of nitrogens with zero attached hydrogens (tertiary/aromatic N) is 1. The van der Waals surface area contributed by atoms with Crippen LogP contribution in [0.25, 0.3) is 0 Å². The average molecular weight is 259 g/mol. The van der Waals surface area contributed by atoms with E-state index in [4.69, 9.17) is 9.47 Å². The molecule has 18 heavy (non-hydrogen) atoms. The summed E-state index contributed by atoms with van der Waals surface area (Å²) in [5, 5.41) is 0. The van der Waals surface area contributed by atoms with Crippen LogP contribution in [0, 0.1) is 5.92 Å². The molecule has 0 spiro atoms. The summed E-state index contributed by atoms with van der Waals surface area (Å²) in [6, 6.07) is -0.596. The lowest BCUT2D eigenvalue weighted by Gasteiger charge is -2.28. The van der Waals surface area contributed by atoms with E-state index < -0.39 is 12.1 Å². The fraction of sp³-hybridized carbons (Fsp3) is 0.846. The highest BCUT2D eigenvalue weighted by atomic mass is 16.6. The van der Waals surface area contributed by atoms with Crippen molar-refractivity contribution in [3.8, 4) is 0 Å². The molecule has 1 amide bonds. The summed E-state index contributed by atoms with van der Waals surface area (Å²) in [4.78, 5) is 24.9. The quantitative estimate of drug-likeness (QED) is 0.659. The highest BCUT2D eigenvalue weighted by Gasteiger charge is 2.31. The molecule has 0 aliphatic carbocycles. The molecule has 0 aromatic rings. The second-order valence-electron chi connectivity index (χ2n) is 4.58. The zero-order valence-electron chi connectivity index (χ0n) is 12.1. The fourth-order valence-corrected chi connectivity index (χ4v) is 1.57. The summed E-state index contributed by atoms with van der Waals surface area (Å²) in [6.07, 6.45) is 1.04. The normalized spacial score (nSPS) is 12.1. The number of hydrogen-bond acceptors (Lipinski definition) is 4.